The number of benzene rings is 1. The summed E-state index contributed by atoms with van der Waals surface area (Å²) in [6.45, 7) is 1.70. The molecule has 7 nitrogen and oxygen atoms in total. The zero-order valence-electron chi connectivity index (χ0n) is 10.0. The summed E-state index contributed by atoms with van der Waals surface area (Å²) in [6.07, 6.45) is 0. The molecular weight excluding hydrogens is 242 g/mol. The van der Waals surface area contributed by atoms with Gasteiger partial charge < -0.3 is 14.2 Å². The van der Waals surface area contributed by atoms with Crippen LogP contribution in [0.4, 0.5) is 5.69 Å². The van der Waals surface area contributed by atoms with E-state index in [9.17, 15) is 14.9 Å². The summed E-state index contributed by atoms with van der Waals surface area (Å²) in [6, 6.07) is 3.98. The van der Waals surface area contributed by atoms with E-state index in [1.165, 1.54) is 25.3 Å². The third-order valence-corrected chi connectivity index (χ3v) is 2.01. The van der Waals surface area contributed by atoms with E-state index in [1.807, 2.05) is 0 Å². The largest absolute Gasteiger partial charge is 0.490 e. The second kappa shape index (κ2) is 6.43. The van der Waals surface area contributed by atoms with E-state index in [-0.39, 0.29) is 24.7 Å². The van der Waals surface area contributed by atoms with E-state index in [2.05, 4.69) is 4.74 Å². The van der Waals surface area contributed by atoms with Crippen molar-refractivity contribution in [2.75, 3.05) is 20.3 Å². The fourth-order valence-electron chi connectivity index (χ4n) is 1.24. The lowest BCUT2D eigenvalue weighted by molar-refractivity contribution is -0.385. The van der Waals surface area contributed by atoms with Crippen molar-refractivity contribution in [3.05, 3.63) is 28.3 Å². The van der Waals surface area contributed by atoms with E-state index in [0.29, 0.717) is 5.75 Å². The number of hydrogen-bond acceptors (Lipinski definition) is 6. The molecule has 0 aliphatic carbocycles. The summed E-state index contributed by atoms with van der Waals surface area (Å²) in [5.41, 5.74) is -0.166. The fourth-order valence-corrected chi connectivity index (χ4v) is 1.24. The molecule has 18 heavy (non-hydrogen) atoms. The maximum absolute atomic E-state index is 11.1. The molecule has 1 aromatic carbocycles. The van der Waals surface area contributed by atoms with Crippen molar-refractivity contribution in [1.82, 2.24) is 0 Å². The number of rotatable bonds is 6. The first kappa shape index (κ1) is 13.8. The predicted molar refractivity (Wildman–Crippen MR) is 61.8 cm³/mol. The van der Waals surface area contributed by atoms with Crippen molar-refractivity contribution in [2.24, 2.45) is 0 Å². The van der Waals surface area contributed by atoms with E-state index >= 15 is 0 Å². The van der Waals surface area contributed by atoms with Gasteiger partial charge in [-0.2, -0.15) is 0 Å². The van der Waals surface area contributed by atoms with Gasteiger partial charge in [0.2, 0.25) is 5.75 Å². The molecule has 0 N–H and O–H groups in total. The van der Waals surface area contributed by atoms with Gasteiger partial charge in [-0.15, -0.1) is 0 Å². The van der Waals surface area contributed by atoms with Crippen molar-refractivity contribution in [2.45, 2.75) is 6.92 Å². The van der Waals surface area contributed by atoms with E-state index in [4.69, 9.17) is 9.47 Å². The number of ether oxygens (including phenoxy) is 3. The maximum Gasteiger partial charge on any atom is 0.344 e. The monoisotopic (exact) mass is 255 g/mol. The highest BCUT2D eigenvalue weighted by Crippen LogP contribution is 2.30. The minimum atomic E-state index is -0.562. The normalized spacial score (nSPS) is 9.67. The molecule has 0 bridgehead atoms. The maximum atomic E-state index is 11.1. The summed E-state index contributed by atoms with van der Waals surface area (Å²) < 4.78 is 14.7. The molecule has 0 aliphatic heterocycles. The van der Waals surface area contributed by atoms with E-state index in [1.54, 1.807) is 6.92 Å². The Kier molecular flexibility index (Phi) is 4.91. The zero-order chi connectivity index (χ0) is 13.5. The molecule has 1 aromatic rings. The number of carbonyl (C=O) groups excluding carboxylic acids is 1. The molecule has 0 amide bonds. The Bertz CT molecular complexity index is 445. The van der Waals surface area contributed by atoms with Crippen LogP contribution in [0, 0.1) is 10.1 Å². The summed E-state index contributed by atoms with van der Waals surface area (Å²) in [7, 11) is 1.32. The summed E-state index contributed by atoms with van der Waals surface area (Å²) >= 11 is 0. The van der Waals surface area contributed by atoms with Gasteiger partial charge in [0.05, 0.1) is 18.6 Å². The first-order valence-electron chi connectivity index (χ1n) is 5.19. The van der Waals surface area contributed by atoms with Gasteiger partial charge in [0.1, 0.15) is 5.75 Å². The average Bonchev–Trinajstić information content (AvgIpc) is 2.36. The van der Waals surface area contributed by atoms with Crippen LogP contribution in [0.25, 0.3) is 0 Å². The lowest BCUT2D eigenvalue weighted by Gasteiger charge is -2.07. The molecule has 7 heteroatoms. The van der Waals surface area contributed by atoms with Crippen molar-refractivity contribution in [1.29, 1.82) is 0 Å². The number of hydrogen-bond donors (Lipinski definition) is 0. The first-order chi connectivity index (χ1) is 8.58. The number of nitro benzene ring substituents is 1. The van der Waals surface area contributed by atoms with Crippen LogP contribution in [0.1, 0.15) is 6.92 Å². The van der Waals surface area contributed by atoms with Gasteiger partial charge in [-0.3, -0.25) is 10.1 Å². The smallest absolute Gasteiger partial charge is 0.344 e. The molecular formula is C11H13NO6. The van der Waals surface area contributed by atoms with Crippen LogP contribution in [0.3, 0.4) is 0 Å². The van der Waals surface area contributed by atoms with E-state index in [0.717, 1.165) is 0 Å². The molecule has 0 saturated carbocycles. The summed E-state index contributed by atoms with van der Waals surface area (Å²) in [4.78, 5) is 21.2. The summed E-state index contributed by atoms with van der Waals surface area (Å²) in [5.74, 6) is -0.137. The minimum absolute atomic E-state index is 0.0707. The van der Waals surface area contributed by atoms with Crippen molar-refractivity contribution in [3.8, 4) is 11.5 Å². The van der Waals surface area contributed by atoms with Crippen molar-refractivity contribution < 1.29 is 23.9 Å². The Morgan fingerprint density at radius 2 is 2.17 bits per heavy atom. The minimum Gasteiger partial charge on any atom is -0.490 e. The number of methoxy groups -OCH3 is 1. The lowest BCUT2D eigenvalue weighted by atomic mass is 10.3. The standard InChI is InChI=1S/C11H13NO6/c1-3-17-11(13)7-18-8-4-5-9(12(14)15)10(6-8)16-2/h4-6H,3,7H2,1-2H3. The molecule has 0 fully saturated rings. The highest BCUT2D eigenvalue weighted by molar-refractivity contribution is 5.71. The Labute approximate surface area is 103 Å². The van der Waals surface area contributed by atoms with Crippen LogP contribution in [0.2, 0.25) is 0 Å². The molecule has 98 valence electrons. The molecule has 0 unspecified atom stereocenters. The quantitative estimate of drug-likeness (QED) is 0.435. The number of carbonyl (C=O) groups is 1. The lowest BCUT2D eigenvalue weighted by Crippen LogP contribution is -2.14. The summed E-state index contributed by atoms with van der Waals surface area (Å²) in [5, 5.41) is 10.7. The highest BCUT2D eigenvalue weighted by Gasteiger charge is 2.15. The van der Waals surface area contributed by atoms with Gasteiger partial charge in [-0.1, -0.05) is 0 Å². The molecule has 0 radical (unpaired) electrons. The van der Waals surface area contributed by atoms with Gasteiger partial charge in [0.25, 0.3) is 0 Å². The topological polar surface area (TPSA) is 87.9 Å². The second-order valence-corrected chi connectivity index (χ2v) is 3.18. The zero-order valence-corrected chi connectivity index (χ0v) is 10.0. The molecule has 0 heterocycles. The molecule has 1 rings (SSSR count). The second-order valence-electron chi connectivity index (χ2n) is 3.18. The van der Waals surface area contributed by atoms with Gasteiger partial charge in [0.15, 0.2) is 6.61 Å². The Morgan fingerprint density at radius 3 is 2.72 bits per heavy atom. The van der Waals surface area contributed by atoms with Crippen molar-refractivity contribution >= 4 is 11.7 Å². The Hall–Kier alpha value is -2.31. The Balaban J connectivity index is 2.74. The van der Waals surface area contributed by atoms with Crippen LogP contribution in [0.15, 0.2) is 18.2 Å². The van der Waals surface area contributed by atoms with Gasteiger partial charge >= 0.3 is 11.7 Å². The molecule has 0 atom stereocenters. The van der Waals surface area contributed by atoms with E-state index < -0.39 is 10.9 Å². The van der Waals surface area contributed by atoms with Crippen LogP contribution in [-0.2, 0) is 9.53 Å². The molecule has 0 aromatic heterocycles. The van der Waals surface area contributed by atoms with Crippen LogP contribution in [0.5, 0.6) is 11.5 Å². The van der Waals surface area contributed by atoms with Gasteiger partial charge in [0, 0.05) is 12.1 Å². The first-order valence-corrected chi connectivity index (χ1v) is 5.19. The SMILES string of the molecule is CCOC(=O)COc1ccc([N+](=O)[O-])c(OC)c1. The number of nitro groups is 1. The van der Waals surface area contributed by atoms with Crippen molar-refractivity contribution in [3.63, 3.8) is 0 Å². The van der Waals surface area contributed by atoms with Gasteiger partial charge in [-0.25, -0.2) is 4.79 Å². The molecule has 0 spiro atoms. The highest BCUT2D eigenvalue weighted by atomic mass is 16.6. The number of nitrogens with zero attached hydrogens (tertiary/aromatic N) is 1. The van der Waals surface area contributed by atoms with Gasteiger partial charge in [-0.05, 0) is 13.0 Å². The Morgan fingerprint density at radius 1 is 1.44 bits per heavy atom. The predicted octanol–water partition coefficient (Wildman–Crippen LogP) is 1.55. The average molecular weight is 255 g/mol. The van der Waals surface area contributed by atoms with Crippen LogP contribution >= 0.6 is 0 Å². The van der Waals surface area contributed by atoms with Crippen LogP contribution < -0.4 is 9.47 Å². The fraction of sp³-hybridized carbons (Fsp3) is 0.364. The third kappa shape index (κ3) is 3.62. The molecule has 0 aliphatic rings. The number of esters is 1. The van der Waals surface area contributed by atoms with Crippen LogP contribution in [-0.4, -0.2) is 31.2 Å². The molecule has 0 saturated heterocycles. The third-order valence-electron chi connectivity index (χ3n) is 2.01.